The number of nitrogens with zero attached hydrogens (tertiary/aromatic N) is 2. The van der Waals surface area contributed by atoms with E-state index in [0.717, 1.165) is 24.0 Å². The number of hydrogen-bond donors (Lipinski definition) is 1. The van der Waals surface area contributed by atoms with Crippen LogP contribution in [0.15, 0.2) is 39.8 Å². The molecule has 1 unspecified atom stereocenters. The van der Waals surface area contributed by atoms with Crippen molar-refractivity contribution in [3.05, 3.63) is 46.2 Å². The number of benzene rings is 1. The predicted octanol–water partition coefficient (Wildman–Crippen LogP) is 4.48. The summed E-state index contributed by atoms with van der Waals surface area (Å²) in [5, 5.41) is 8.14. The molecule has 3 nitrogen and oxygen atoms in total. The predicted molar refractivity (Wildman–Crippen MR) is 94.0 cm³/mol. The molecule has 0 aliphatic rings. The average Bonchev–Trinajstić information content (AvgIpc) is 2.89. The summed E-state index contributed by atoms with van der Waals surface area (Å²) >= 11 is 5.45. The van der Waals surface area contributed by atoms with Crippen molar-refractivity contribution in [1.29, 1.82) is 0 Å². The Morgan fingerprint density at radius 2 is 2.10 bits per heavy atom. The Bertz CT molecular complexity index is 583. The van der Waals surface area contributed by atoms with Crippen LogP contribution in [-0.2, 0) is 6.54 Å². The molecule has 0 spiro atoms. The maximum atomic E-state index is 4.47. The molecule has 0 fully saturated rings. The zero-order valence-corrected chi connectivity index (χ0v) is 15.2. The van der Waals surface area contributed by atoms with Crippen LogP contribution < -0.4 is 5.32 Å². The van der Waals surface area contributed by atoms with Gasteiger partial charge in [0.05, 0.1) is 22.4 Å². The van der Waals surface area contributed by atoms with Crippen molar-refractivity contribution in [1.82, 2.24) is 15.1 Å². The minimum Gasteiger partial charge on any atom is -0.305 e. The molecule has 0 aliphatic carbocycles. The molecule has 114 valence electrons. The number of halogens is 1. The van der Waals surface area contributed by atoms with Gasteiger partial charge in [-0.2, -0.15) is 5.10 Å². The van der Waals surface area contributed by atoms with Crippen LogP contribution in [0.5, 0.6) is 0 Å². The highest BCUT2D eigenvalue weighted by Gasteiger charge is 2.22. The molecule has 1 N–H and O–H groups in total. The van der Waals surface area contributed by atoms with Crippen molar-refractivity contribution in [3.8, 4) is 0 Å². The fraction of sp³-hybridized carbons (Fsp3) is 0.438. The zero-order chi connectivity index (χ0) is 15.2. The van der Waals surface area contributed by atoms with E-state index in [0.29, 0.717) is 0 Å². The van der Waals surface area contributed by atoms with Crippen LogP contribution in [0.1, 0.15) is 37.6 Å². The topological polar surface area (TPSA) is 29.9 Å². The minimum atomic E-state index is 0.158. The van der Waals surface area contributed by atoms with Crippen molar-refractivity contribution >= 4 is 27.7 Å². The maximum Gasteiger partial charge on any atom is 0.0770 e. The summed E-state index contributed by atoms with van der Waals surface area (Å²) in [6.07, 6.45) is 5.12. The van der Waals surface area contributed by atoms with Crippen LogP contribution in [0.2, 0.25) is 0 Å². The fourth-order valence-corrected chi connectivity index (χ4v) is 3.62. The summed E-state index contributed by atoms with van der Waals surface area (Å²) in [7, 11) is 0. The first-order valence-electron chi connectivity index (χ1n) is 7.30. The molecule has 2 aromatic rings. The third-order valence-corrected chi connectivity index (χ3v) is 4.88. The second-order valence-corrected chi connectivity index (χ2v) is 6.53. The highest BCUT2D eigenvalue weighted by molar-refractivity contribution is 9.10. The van der Waals surface area contributed by atoms with E-state index in [9.17, 15) is 0 Å². The molecule has 1 aromatic heterocycles. The van der Waals surface area contributed by atoms with Crippen molar-refractivity contribution in [2.75, 3.05) is 12.8 Å². The van der Waals surface area contributed by atoms with E-state index in [1.807, 2.05) is 6.20 Å². The van der Waals surface area contributed by atoms with Crippen LogP contribution in [0.3, 0.4) is 0 Å². The number of hydrogen-bond acceptors (Lipinski definition) is 3. The van der Waals surface area contributed by atoms with E-state index in [2.05, 4.69) is 75.4 Å². The van der Waals surface area contributed by atoms with Crippen molar-refractivity contribution < 1.29 is 0 Å². The highest BCUT2D eigenvalue weighted by atomic mass is 79.9. The van der Waals surface area contributed by atoms with Crippen LogP contribution in [0.25, 0.3) is 0 Å². The number of thioether (sulfide) groups is 1. The summed E-state index contributed by atoms with van der Waals surface area (Å²) in [6.45, 7) is 6.17. The van der Waals surface area contributed by atoms with Crippen molar-refractivity contribution in [3.63, 3.8) is 0 Å². The van der Waals surface area contributed by atoms with E-state index in [4.69, 9.17) is 0 Å². The summed E-state index contributed by atoms with van der Waals surface area (Å²) in [6, 6.07) is 8.75. The first kappa shape index (κ1) is 16.6. The summed E-state index contributed by atoms with van der Waals surface area (Å²) in [5.41, 5.74) is 2.52. The van der Waals surface area contributed by atoms with E-state index < -0.39 is 0 Å². The first-order valence-corrected chi connectivity index (χ1v) is 9.32. The highest BCUT2D eigenvalue weighted by Crippen LogP contribution is 2.33. The third-order valence-electron chi connectivity index (χ3n) is 3.45. The van der Waals surface area contributed by atoms with Gasteiger partial charge in [-0.05, 0) is 53.7 Å². The van der Waals surface area contributed by atoms with Gasteiger partial charge >= 0.3 is 0 Å². The van der Waals surface area contributed by atoms with Crippen LogP contribution in [0.4, 0.5) is 0 Å². The molecule has 0 saturated carbocycles. The monoisotopic (exact) mass is 367 g/mol. The molecule has 0 bridgehead atoms. The second-order valence-electron chi connectivity index (χ2n) is 4.82. The van der Waals surface area contributed by atoms with E-state index in [1.165, 1.54) is 16.2 Å². The fourth-order valence-electron chi connectivity index (χ4n) is 2.46. The molecule has 0 radical (unpaired) electrons. The van der Waals surface area contributed by atoms with Crippen LogP contribution in [0, 0.1) is 0 Å². The molecular weight excluding hydrogens is 346 g/mol. The second kappa shape index (κ2) is 8.01. The van der Waals surface area contributed by atoms with Gasteiger partial charge in [0.1, 0.15) is 0 Å². The number of aryl methyl sites for hydroxylation is 1. The number of rotatable bonds is 7. The van der Waals surface area contributed by atoms with E-state index in [1.54, 1.807) is 11.8 Å². The Morgan fingerprint density at radius 1 is 1.33 bits per heavy atom. The summed E-state index contributed by atoms with van der Waals surface area (Å²) < 4.78 is 3.13. The van der Waals surface area contributed by atoms with Gasteiger partial charge in [0, 0.05) is 11.4 Å². The standard InChI is InChI=1S/C16H22BrN3S/c1-4-10-18-15(12-8-6-7-9-14(12)21-3)16-13(17)11-19-20(16)5-2/h6-9,11,15,18H,4-5,10H2,1-3H3. The number of nitrogens with one attached hydrogen (secondary N) is 1. The quantitative estimate of drug-likeness (QED) is 0.731. The lowest BCUT2D eigenvalue weighted by molar-refractivity contribution is 0.524. The zero-order valence-electron chi connectivity index (χ0n) is 12.8. The summed E-state index contributed by atoms with van der Waals surface area (Å²) in [4.78, 5) is 1.31. The van der Waals surface area contributed by atoms with Gasteiger partial charge in [-0.25, -0.2) is 0 Å². The van der Waals surface area contributed by atoms with Crippen molar-refractivity contribution in [2.24, 2.45) is 0 Å². The van der Waals surface area contributed by atoms with Crippen LogP contribution in [-0.4, -0.2) is 22.6 Å². The molecule has 0 amide bonds. The lowest BCUT2D eigenvalue weighted by Gasteiger charge is -2.23. The Labute approximate surface area is 139 Å². The first-order chi connectivity index (χ1) is 10.2. The van der Waals surface area contributed by atoms with Gasteiger partial charge in [-0.1, -0.05) is 25.1 Å². The molecular formula is C16H22BrN3S. The van der Waals surface area contributed by atoms with Gasteiger partial charge < -0.3 is 5.32 Å². The normalized spacial score (nSPS) is 12.6. The van der Waals surface area contributed by atoms with Gasteiger partial charge in [-0.3, -0.25) is 4.68 Å². The third kappa shape index (κ3) is 3.71. The van der Waals surface area contributed by atoms with Gasteiger partial charge in [0.2, 0.25) is 0 Å². The van der Waals surface area contributed by atoms with E-state index in [-0.39, 0.29) is 6.04 Å². The largest absolute Gasteiger partial charge is 0.305 e. The average molecular weight is 368 g/mol. The molecule has 0 saturated heterocycles. The minimum absolute atomic E-state index is 0.158. The van der Waals surface area contributed by atoms with Crippen molar-refractivity contribution in [2.45, 2.75) is 37.8 Å². The molecule has 2 rings (SSSR count). The Kier molecular flexibility index (Phi) is 6.33. The van der Waals surface area contributed by atoms with E-state index >= 15 is 0 Å². The van der Waals surface area contributed by atoms with Gasteiger partial charge in [0.15, 0.2) is 0 Å². The van der Waals surface area contributed by atoms with Gasteiger partial charge in [0.25, 0.3) is 0 Å². The van der Waals surface area contributed by atoms with Crippen LogP contribution >= 0.6 is 27.7 Å². The smallest absolute Gasteiger partial charge is 0.0770 e. The molecule has 1 aromatic carbocycles. The molecule has 0 aliphatic heterocycles. The Morgan fingerprint density at radius 3 is 2.76 bits per heavy atom. The SMILES string of the molecule is CCCNC(c1ccccc1SC)c1c(Br)cnn1CC. The number of aromatic nitrogens is 2. The Hall–Kier alpha value is -0.780. The summed E-state index contributed by atoms with van der Waals surface area (Å²) in [5.74, 6) is 0. The Balaban J connectivity index is 2.50. The maximum absolute atomic E-state index is 4.47. The lowest BCUT2D eigenvalue weighted by Crippen LogP contribution is -2.26. The molecule has 21 heavy (non-hydrogen) atoms. The molecule has 1 heterocycles. The van der Waals surface area contributed by atoms with Gasteiger partial charge in [-0.15, -0.1) is 11.8 Å². The molecule has 1 atom stereocenters. The molecule has 5 heteroatoms. The lowest BCUT2D eigenvalue weighted by atomic mass is 10.0.